The first-order valence-electron chi connectivity index (χ1n) is 10.7. The molecule has 0 heterocycles. The molecule has 2 atom stereocenters. The van der Waals surface area contributed by atoms with Gasteiger partial charge >= 0.3 is 5.97 Å². The highest BCUT2D eigenvalue weighted by Crippen LogP contribution is 2.50. The molecule has 3 N–H and O–H groups in total. The monoisotopic (exact) mass is 426 g/mol. The second kappa shape index (κ2) is 11.3. The molecule has 0 aromatic heterocycles. The van der Waals surface area contributed by atoms with E-state index >= 15 is 0 Å². The number of aliphatic hydroxyl groups is 2. The molecule has 2 unspecified atom stereocenters. The van der Waals surface area contributed by atoms with Crippen molar-refractivity contribution in [1.29, 1.82) is 0 Å². The SMILES string of the molecule is CC(=C/C=C/C=C(C)/C=C/C=C(C)/C=C/C1(O)C(C)(C)CCCC1(C)O)/C=C/C(=O)O. The zero-order chi connectivity index (χ0) is 23.7. The molecule has 1 aliphatic carbocycles. The average molecular weight is 427 g/mol. The van der Waals surface area contributed by atoms with Gasteiger partial charge in [0.15, 0.2) is 0 Å². The smallest absolute Gasteiger partial charge is 0.328 e. The first-order chi connectivity index (χ1) is 14.3. The number of allylic oxidation sites excluding steroid dienone is 12. The van der Waals surface area contributed by atoms with Crippen LogP contribution in [0.2, 0.25) is 0 Å². The van der Waals surface area contributed by atoms with E-state index in [9.17, 15) is 15.0 Å². The first-order valence-corrected chi connectivity index (χ1v) is 10.7. The molecule has 0 saturated heterocycles. The van der Waals surface area contributed by atoms with E-state index in [1.807, 2.05) is 83.2 Å². The van der Waals surface area contributed by atoms with Crippen molar-refractivity contribution in [1.82, 2.24) is 0 Å². The van der Waals surface area contributed by atoms with Crippen molar-refractivity contribution in [2.75, 3.05) is 0 Å². The highest BCUT2D eigenvalue weighted by atomic mass is 16.4. The molecule has 0 aromatic carbocycles. The quantitative estimate of drug-likeness (QED) is 0.337. The molecule has 170 valence electrons. The number of aliphatic carboxylic acids is 1. The first kappa shape index (κ1) is 26.6. The van der Waals surface area contributed by atoms with E-state index in [4.69, 9.17) is 5.11 Å². The predicted molar refractivity (Wildman–Crippen MR) is 129 cm³/mol. The largest absolute Gasteiger partial charge is 0.478 e. The van der Waals surface area contributed by atoms with Crippen LogP contribution in [-0.2, 0) is 4.79 Å². The second-order valence-electron chi connectivity index (χ2n) is 9.26. The minimum Gasteiger partial charge on any atom is -0.478 e. The Morgan fingerprint density at radius 3 is 1.81 bits per heavy atom. The fraction of sp³-hybridized carbons (Fsp3) is 0.444. The maximum absolute atomic E-state index is 11.3. The zero-order valence-electron chi connectivity index (χ0n) is 19.7. The van der Waals surface area contributed by atoms with Crippen molar-refractivity contribution >= 4 is 5.97 Å². The minimum atomic E-state index is -1.27. The fourth-order valence-electron chi connectivity index (χ4n) is 3.78. The third-order valence-electron chi connectivity index (χ3n) is 5.94. The summed E-state index contributed by atoms with van der Waals surface area (Å²) in [6, 6.07) is 0. The number of hydrogen-bond acceptors (Lipinski definition) is 3. The van der Waals surface area contributed by atoms with Gasteiger partial charge in [-0.15, -0.1) is 0 Å². The summed E-state index contributed by atoms with van der Waals surface area (Å²) in [6.45, 7) is 11.5. The van der Waals surface area contributed by atoms with Gasteiger partial charge in [-0.25, -0.2) is 4.79 Å². The molecular weight excluding hydrogens is 388 g/mol. The van der Waals surface area contributed by atoms with Crippen LogP contribution in [0.5, 0.6) is 0 Å². The molecule has 4 heteroatoms. The Morgan fingerprint density at radius 2 is 1.26 bits per heavy atom. The molecule has 0 aliphatic heterocycles. The van der Waals surface area contributed by atoms with Crippen LogP contribution in [0.1, 0.15) is 60.8 Å². The summed E-state index contributed by atoms with van der Waals surface area (Å²) >= 11 is 0. The maximum atomic E-state index is 11.3. The third kappa shape index (κ3) is 7.97. The molecule has 31 heavy (non-hydrogen) atoms. The van der Waals surface area contributed by atoms with Crippen LogP contribution in [0.15, 0.2) is 83.6 Å². The molecule has 1 fully saturated rings. The van der Waals surface area contributed by atoms with Gasteiger partial charge in [0.1, 0.15) is 5.60 Å². The van der Waals surface area contributed by atoms with E-state index in [1.165, 1.54) is 0 Å². The molecule has 4 nitrogen and oxygen atoms in total. The van der Waals surface area contributed by atoms with Gasteiger partial charge in [0.25, 0.3) is 0 Å². The minimum absolute atomic E-state index is 0.400. The van der Waals surface area contributed by atoms with Crippen molar-refractivity contribution in [3.63, 3.8) is 0 Å². The highest BCUT2D eigenvalue weighted by Gasteiger charge is 2.56. The van der Waals surface area contributed by atoms with Crippen molar-refractivity contribution in [2.24, 2.45) is 5.41 Å². The van der Waals surface area contributed by atoms with Crippen molar-refractivity contribution in [2.45, 2.75) is 72.0 Å². The van der Waals surface area contributed by atoms with Gasteiger partial charge in [-0.3, -0.25) is 0 Å². The molecule has 0 radical (unpaired) electrons. The average Bonchev–Trinajstić information content (AvgIpc) is 2.66. The molecule has 1 rings (SSSR count). The van der Waals surface area contributed by atoms with Crippen LogP contribution in [0.25, 0.3) is 0 Å². The topological polar surface area (TPSA) is 77.8 Å². The molecule has 0 bridgehead atoms. The van der Waals surface area contributed by atoms with Crippen molar-refractivity contribution in [3.05, 3.63) is 83.6 Å². The number of hydrogen-bond donors (Lipinski definition) is 3. The van der Waals surface area contributed by atoms with E-state index in [1.54, 1.807) is 19.1 Å². The zero-order valence-corrected chi connectivity index (χ0v) is 19.7. The standard InChI is InChI=1S/C27H38O4/c1-21(11-7-8-12-22(2)15-16-24(28)29)13-9-14-23(3)17-20-27(31)25(4,5)18-10-19-26(27,6)30/h7-9,11-17,20,30-31H,10,18-19H2,1-6H3,(H,28,29)/b8-7+,13-9+,16-15+,20-17+,21-11+,22-12-,23-14+. The van der Waals surface area contributed by atoms with E-state index < -0.39 is 22.6 Å². The van der Waals surface area contributed by atoms with Crippen LogP contribution in [0.3, 0.4) is 0 Å². The van der Waals surface area contributed by atoms with Gasteiger partial charge in [-0.1, -0.05) is 85.3 Å². The lowest BCUT2D eigenvalue weighted by molar-refractivity contribution is -0.194. The van der Waals surface area contributed by atoms with Gasteiger partial charge in [-0.05, 0) is 58.4 Å². The Hall–Kier alpha value is -2.43. The second-order valence-corrected chi connectivity index (χ2v) is 9.26. The predicted octanol–water partition coefficient (Wildman–Crippen LogP) is 5.83. The molecular formula is C27H38O4. The lowest BCUT2D eigenvalue weighted by atomic mass is 9.58. The summed E-state index contributed by atoms with van der Waals surface area (Å²) in [5.74, 6) is -0.960. The van der Waals surface area contributed by atoms with Crippen LogP contribution >= 0.6 is 0 Å². The van der Waals surface area contributed by atoms with E-state index in [-0.39, 0.29) is 0 Å². The highest BCUT2D eigenvalue weighted by molar-refractivity contribution is 5.80. The summed E-state index contributed by atoms with van der Waals surface area (Å²) < 4.78 is 0. The van der Waals surface area contributed by atoms with Gasteiger partial charge in [0.2, 0.25) is 0 Å². The molecule has 0 amide bonds. The molecule has 1 aliphatic rings. The van der Waals surface area contributed by atoms with E-state index in [0.717, 1.165) is 35.6 Å². The number of carbonyl (C=O) groups is 1. The van der Waals surface area contributed by atoms with Gasteiger partial charge in [-0.2, -0.15) is 0 Å². The normalized spacial score (nSPS) is 28.5. The van der Waals surface area contributed by atoms with Crippen LogP contribution < -0.4 is 0 Å². The Balaban J connectivity index is 2.78. The summed E-state index contributed by atoms with van der Waals surface area (Å²) in [5.41, 5.74) is 0.0721. The van der Waals surface area contributed by atoms with Crippen molar-refractivity contribution < 1.29 is 20.1 Å². The molecule has 1 saturated carbocycles. The van der Waals surface area contributed by atoms with E-state index in [2.05, 4.69) is 0 Å². The Bertz CT molecular complexity index is 826. The Kier molecular flexibility index (Phi) is 9.67. The van der Waals surface area contributed by atoms with Gasteiger partial charge in [0, 0.05) is 6.08 Å². The van der Waals surface area contributed by atoms with E-state index in [0.29, 0.717) is 6.42 Å². The van der Waals surface area contributed by atoms with Crippen LogP contribution in [0, 0.1) is 5.41 Å². The Labute approximate surface area is 187 Å². The molecule has 0 aromatic rings. The van der Waals surface area contributed by atoms with Gasteiger partial charge < -0.3 is 15.3 Å². The summed E-state index contributed by atoms with van der Waals surface area (Å²) in [7, 11) is 0. The van der Waals surface area contributed by atoms with Crippen molar-refractivity contribution in [3.8, 4) is 0 Å². The maximum Gasteiger partial charge on any atom is 0.328 e. The number of carboxylic acids is 1. The summed E-state index contributed by atoms with van der Waals surface area (Å²) in [4.78, 5) is 10.5. The fourth-order valence-corrected chi connectivity index (χ4v) is 3.78. The third-order valence-corrected chi connectivity index (χ3v) is 5.94. The summed E-state index contributed by atoms with van der Waals surface area (Å²) in [6.07, 6.45) is 22.1. The number of carboxylic acid groups (broad SMARTS) is 1. The van der Waals surface area contributed by atoms with Gasteiger partial charge in [0.05, 0.1) is 5.60 Å². The Morgan fingerprint density at radius 1 is 0.742 bits per heavy atom. The lowest BCUT2D eigenvalue weighted by Crippen LogP contribution is -2.62. The van der Waals surface area contributed by atoms with Crippen LogP contribution in [0.4, 0.5) is 0 Å². The number of rotatable bonds is 8. The summed E-state index contributed by atoms with van der Waals surface area (Å²) in [5, 5.41) is 30.7. The molecule has 0 spiro atoms. The van der Waals surface area contributed by atoms with Crippen LogP contribution in [-0.4, -0.2) is 32.5 Å². The lowest BCUT2D eigenvalue weighted by Gasteiger charge is -2.53.